The second-order valence-electron chi connectivity index (χ2n) is 9.19. The van der Waals surface area contributed by atoms with Crippen molar-refractivity contribution in [1.82, 2.24) is 10.2 Å². The van der Waals surface area contributed by atoms with Gasteiger partial charge in [0.1, 0.15) is 12.1 Å². The number of carboxylic acids is 1. The third-order valence-electron chi connectivity index (χ3n) is 7.18. The minimum atomic E-state index is -1.09. The van der Waals surface area contributed by atoms with Crippen molar-refractivity contribution >= 4 is 18.0 Å². The van der Waals surface area contributed by atoms with Gasteiger partial charge in [-0.15, -0.1) is 0 Å². The first-order valence-corrected chi connectivity index (χ1v) is 11.8. The Bertz CT molecular complexity index is 1060. The zero-order chi connectivity index (χ0) is 23.7. The smallest absolute Gasteiger partial charge is 0.408 e. The third kappa shape index (κ3) is 4.03. The van der Waals surface area contributed by atoms with E-state index in [-0.39, 0.29) is 31.6 Å². The van der Waals surface area contributed by atoms with E-state index in [0.29, 0.717) is 19.4 Å². The first kappa shape index (κ1) is 22.4. The summed E-state index contributed by atoms with van der Waals surface area (Å²) < 4.78 is 10.9. The van der Waals surface area contributed by atoms with Crippen LogP contribution in [0.1, 0.15) is 42.7 Å². The number of alkyl carbamates (subject to hydrolysis) is 1. The maximum Gasteiger partial charge on any atom is 0.408 e. The fourth-order valence-electron chi connectivity index (χ4n) is 5.49. The van der Waals surface area contributed by atoms with E-state index in [9.17, 15) is 19.5 Å². The molecule has 2 N–H and O–H groups in total. The quantitative estimate of drug-likeness (QED) is 0.704. The first-order chi connectivity index (χ1) is 16.5. The van der Waals surface area contributed by atoms with Crippen LogP contribution in [0.25, 0.3) is 11.1 Å². The Morgan fingerprint density at radius 1 is 1.03 bits per heavy atom. The Hall–Kier alpha value is -3.39. The maximum absolute atomic E-state index is 13.4. The molecule has 3 aliphatic rings. The number of hydrogen-bond acceptors (Lipinski definition) is 5. The lowest BCUT2D eigenvalue weighted by atomic mass is 9.95. The molecule has 1 atom stereocenters. The lowest BCUT2D eigenvalue weighted by Gasteiger charge is -2.38. The second kappa shape index (κ2) is 9.10. The van der Waals surface area contributed by atoms with Gasteiger partial charge in [0.15, 0.2) is 6.10 Å². The summed E-state index contributed by atoms with van der Waals surface area (Å²) in [6.45, 7) is 0.603. The number of nitrogens with zero attached hydrogens (tertiary/aromatic N) is 1. The molecule has 2 fully saturated rings. The lowest BCUT2D eigenvalue weighted by molar-refractivity contribution is -0.161. The van der Waals surface area contributed by atoms with Gasteiger partial charge in [-0.25, -0.2) is 9.59 Å². The first-order valence-electron chi connectivity index (χ1n) is 11.8. The molecule has 0 bridgehead atoms. The van der Waals surface area contributed by atoms with E-state index in [0.717, 1.165) is 35.1 Å². The molecule has 8 nitrogen and oxygen atoms in total. The van der Waals surface area contributed by atoms with Gasteiger partial charge in [0.25, 0.3) is 0 Å². The number of hydrogen-bond donors (Lipinski definition) is 2. The normalized spacial score (nSPS) is 20.9. The van der Waals surface area contributed by atoms with Crippen LogP contribution < -0.4 is 5.32 Å². The van der Waals surface area contributed by atoms with Crippen molar-refractivity contribution in [3.8, 4) is 11.1 Å². The number of aliphatic carboxylic acids is 1. The van der Waals surface area contributed by atoms with Crippen molar-refractivity contribution in [3.63, 3.8) is 0 Å². The van der Waals surface area contributed by atoms with Gasteiger partial charge in [0, 0.05) is 12.5 Å². The van der Waals surface area contributed by atoms with Crippen molar-refractivity contribution in [3.05, 3.63) is 59.7 Å². The van der Waals surface area contributed by atoms with Crippen molar-refractivity contribution in [1.29, 1.82) is 0 Å². The number of ether oxygens (including phenoxy) is 2. The highest BCUT2D eigenvalue weighted by atomic mass is 16.5. The summed E-state index contributed by atoms with van der Waals surface area (Å²) in [7, 11) is 0. The van der Waals surface area contributed by atoms with Crippen LogP contribution in [0.4, 0.5) is 4.79 Å². The molecule has 0 spiro atoms. The van der Waals surface area contributed by atoms with Gasteiger partial charge in [-0.3, -0.25) is 4.79 Å². The van der Waals surface area contributed by atoms with Crippen LogP contribution in [0.5, 0.6) is 0 Å². The standard InChI is InChI=1S/C26H28N2O6/c29-23(30)22-15-28(13-14-33-22)24(31)26(11-5-6-12-26)27-25(32)34-16-21-19-9-3-1-7-17(19)18-8-2-4-10-20(18)21/h1-4,7-10,21-22H,5-6,11-16H2,(H,27,32)(H,29,30). The molecule has 1 saturated heterocycles. The van der Waals surface area contributed by atoms with Crippen LogP contribution in [-0.2, 0) is 19.1 Å². The summed E-state index contributed by atoms with van der Waals surface area (Å²) in [5.74, 6) is -1.42. The number of amides is 2. The van der Waals surface area contributed by atoms with E-state index in [1.54, 1.807) is 0 Å². The van der Waals surface area contributed by atoms with Crippen molar-refractivity contribution in [2.24, 2.45) is 0 Å². The average molecular weight is 465 g/mol. The monoisotopic (exact) mass is 464 g/mol. The summed E-state index contributed by atoms with van der Waals surface area (Å²) in [4.78, 5) is 39.2. The number of benzene rings is 2. The molecular weight excluding hydrogens is 436 g/mol. The molecule has 2 aromatic rings. The highest BCUT2D eigenvalue weighted by molar-refractivity contribution is 5.91. The summed E-state index contributed by atoms with van der Waals surface area (Å²) in [5.41, 5.74) is 3.47. The molecule has 2 aromatic carbocycles. The molecule has 5 rings (SSSR count). The van der Waals surface area contributed by atoms with E-state index in [4.69, 9.17) is 9.47 Å². The largest absolute Gasteiger partial charge is 0.479 e. The summed E-state index contributed by atoms with van der Waals surface area (Å²) in [5, 5.41) is 12.1. The molecule has 8 heteroatoms. The molecule has 1 aliphatic heterocycles. The van der Waals surface area contributed by atoms with Crippen molar-refractivity contribution in [2.75, 3.05) is 26.3 Å². The SMILES string of the molecule is O=C(NC1(C(=O)N2CCOC(C(=O)O)C2)CCCC1)OCC1c2ccccc2-c2ccccc21. The van der Waals surface area contributed by atoms with Crippen LogP contribution in [0.15, 0.2) is 48.5 Å². The van der Waals surface area contributed by atoms with Crippen molar-refractivity contribution < 1.29 is 29.0 Å². The number of carboxylic acid groups (broad SMARTS) is 1. The van der Waals surface area contributed by atoms with Crippen LogP contribution in [0.2, 0.25) is 0 Å². The van der Waals surface area contributed by atoms with Gasteiger partial charge in [0.05, 0.1) is 13.2 Å². The van der Waals surface area contributed by atoms with Crippen LogP contribution in [0.3, 0.4) is 0 Å². The summed E-state index contributed by atoms with van der Waals surface area (Å²) in [6.07, 6.45) is 0.950. The third-order valence-corrected chi connectivity index (χ3v) is 7.18. The van der Waals surface area contributed by atoms with Gasteiger partial charge in [-0.2, -0.15) is 0 Å². The zero-order valence-corrected chi connectivity index (χ0v) is 18.9. The minimum absolute atomic E-state index is 0.0255. The van der Waals surface area contributed by atoms with E-state index < -0.39 is 23.7 Å². The Balaban J connectivity index is 1.28. The molecule has 2 amide bonds. The second-order valence-corrected chi connectivity index (χ2v) is 9.19. The molecule has 0 aromatic heterocycles. The summed E-state index contributed by atoms with van der Waals surface area (Å²) in [6, 6.07) is 16.2. The topological polar surface area (TPSA) is 105 Å². The maximum atomic E-state index is 13.4. The van der Waals surface area contributed by atoms with E-state index in [2.05, 4.69) is 29.6 Å². The number of rotatable bonds is 5. The van der Waals surface area contributed by atoms with Gasteiger partial charge in [0.2, 0.25) is 5.91 Å². The highest BCUT2D eigenvalue weighted by Gasteiger charge is 2.46. The van der Waals surface area contributed by atoms with Gasteiger partial charge >= 0.3 is 12.1 Å². The highest BCUT2D eigenvalue weighted by Crippen LogP contribution is 2.44. The van der Waals surface area contributed by atoms with Gasteiger partial charge < -0.3 is 24.8 Å². The fourth-order valence-corrected chi connectivity index (χ4v) is 5.49. The Kier molecular flexibility index (Phi) is 6.00. The molecule has 178 valence electrons. The number of morpholine rings is 1. The Labute approximate surface area is 197 Å². The van der Waals surface area contributed by atoms with Crippen molar-refractivity contribution in [2.45, 2.75) is 43.2 Å². The number of nitrogens with one attached hydrogen (secondary N) is 1. The molecule has 1 saturated carbocycles. The molecular formula is C26H28N2O6. The number of fused-ring (bicyclic) bond motifs is 3. The Morgan fingerprint density at radius 2 is 1.65 bits per heavy atom. The lowest BCUT2D eigenvalue weighted by Crippen LogP contribution is -2.61. The van der Waals surface area contributed by atoms with E-state index in [1.165, 1.54) is 4.90 Å². The molecule has 0 radical (unpaired) electrons. The molecule has 1 unspecified atom stereocenters. The fraction of sp³-hybridized carbons (Fsp3) is 0.423. The predicted octanol–water partition coefficient (Wildman–Crippen LogP) is 3.15. The number of carbonyl (C=O) groups is 3. The van der Waals surface area contributed by atoms with E-state index in [1.807, 2.05) is 24.3 Å². The van der Waals surface area contributed by atoms with Crippen LogP contribution >= 0.6 is 0 Å². The van der Waals surface area contributed by atoms with Crippen LogP contribution in [-0.4, -0.2) is 65.9 Å². The predicted molar refractivity (Wildman–Crippen MR) is 123 cm³/mol. The number of carbonyl (C=O) groups excluding carboxylic acids is 2. The van der Waals surface area contributed by atoms with E-state index >= 15 is 0 Å². The zero-order valence-electron chi connectivity index (χ0n) is 18.9. The minimum Gasteiger partial charge on any atom is -0.479 e. The van der Waals surface area contributed by atoms with Crippen LogP contribution in [0, 0.1) is 0 Å². The molecule has 1 heterocycles. The van der Waals surface area contributed by atoms with Gasteiger partial charge in [-0.05, 0) is 35.1 Å². The van der Waals surface area contributed by atoms with Gasteiger partial charge in [-0.1, -0.05) is 61.4 Å². The average Bonchev–Trinajstić information content (AvgIpc) is 3.46. The Morgan fingerprint density at radius 3 is 2.26 bits per heavy atom. The molecule has 2 aliphatic carbocycles. The summed E-state index contributed by atoms with van der Waals surface area (Å²) >= 11 is 0. The molecule has 34 heavy (non-hydrogen) atoms.